The van der Waals surface area contributed by atoms with Crippen LogP contribution in [0.3, 0.4) is 0 Å². The van der Waals surface area contributed by atoms with Crippen LogP contribution in [0.4, 0.5) is 0 Å². The number of unbranched alkanes of at least 4 members (excludes halogenated alkanes) is 14. The van der Waals surface area contributed by atoms with Crippen LogP contribution in [0.25, 0.3) is 0 Å². The number of carbonyl (C=O) groups is 3. The molecule has 1 saturated carbocycles. The predicted molar refractivity (Wildman–Crippen MR) is 240 cm³/mol. The molecule has 0 spiro atoms. The summed E-state index contributed by atoms with van der Waals surface area (Å²) in [4.78, 5) is 47.7. The molecular weight excluding hydrogens is 819 g/mol. The van der Waals surface area contributed by atoms with Crippen LogP contribution in [-0.2, 0) is 37.5 Å². The lowest BCUT2D eigenvalue weighted by molar-refractivity contribution is -0.220. The Bertz CT molecular complexity index is 1380. The molecule has 356 valence electrons. The van der Waals surface area contributed by atoms with E-state index in [0.29, 0.717) is 25.7 Å². The maximum absolute atomic E-state index is 12.8. The fourth-order valence-electron chi connectivity index (χ4n) is 6.52. The highest BCUT2D eigenvalue weighted by Gasteiger charge is 2.51. The van der Waals surface area contributed by atoms with Crippen molar-refractivity contribution < 1.29 is 67.9 Å². The third kappa shape index (κ3) is 28.8. The molecule has 62 heavy (non-hydrogen) atoms. The summed E-state index contributed by atoms with van der Waals surface area (Å²) >= 11 is 0. The van der Waals surface area contributed by atoms with Crippen LogP contribution >= 0.6 is 7.82 Å². The Labute approximate surface area is 370 Å². The molecule has 6 N–H and O–H groups in total. The molecule has 0 aromatic carbocycles. The highest BCUT2D eigenvalue weighted by molar-refractivity contribution is 7.47. The van der Waals surface area contributed by atoms with E-state index in [0.717, 1.165) is 57.8 Å². The lowest BCUT2D eigenvalue weighted by Crippen LogP contribution is -2.64. The van der Waals surface area contributed by atoms with Crippen LogP contribution in [-0.4, -0.2) is 104 Å². The third-order valence-electron chi connectivity index (χ3n) is 10.3. The number of allylic oxidation sites excluding steroid dienone is 10. The minimum absolute atomic E-state index is 0.00205. The van der Waals surface area contributed by atoms with Gasteiger partial charge in [0.1, 0.15) is 43.2 Å². The number of phosphoric acid groups is 1. The predicted octanol–water partition coefficient (Wildman–Crippen LogP) is 8.12. The van der Waals surface area contributed by atoms with E-state index >= 15 is 0 Å². The van der Waals surface area contributed by atoms with Gasteiger partial charge in [-0.15, -0.1) is 0 Å². The Kier molecular flexibility index (Phi) is 33.7. The van der Waals surface area contributed by atoms with Crippen LogP contribution in [0, 0.1) is 0 Å². The number of hydrogen-bond acceptors (Lipinski definition) is 13. The van der Waals surface area contributed by atoms with Crippen LogP contribution in [0.2, 0.25) is 0 Å². The second-order valence-electron chi connectivity index (χ2n) is 15.9. The van der Waals surface area contributed by atoms with E-state index in [4.69, 9.17) is 18.5 Å². The topological polar surface area (TPSA) is 227 Å². The molecule has 0 bridgehead atoms. The lowest BCUT2D eigenvalue weighted by atomic mass is 9.85. The molecule has 1 aliphatic rings. The van der Waals surface area contributed by atoms with Crippen molar-refractivity contribution in [2.45, 2.75) is 204 Å². The number of aliphatic hydroxyl groups excluding tert-OH is 5. The van der Waals surface area contributed by atoms with Gasteiger partial charge in [-0.05, 0) is 70.3 Å². The molecule has 1 rings (SSSR count). The van der Waals surface area contributed by atoms with Gasteiger partial charge in [0.05, 0.1) is 6.61 Å². The number of phosphoric ester groups is 1. The van der Waals surface area contributed by atoms with Crippen molar-refractivity contribution in [1.29, 1.82) is 0 Å². The second kappa shape index (κ2) is 36.5. The molecule has 0 saturated heterocycles. The van der Waals surface area contributed by atoms with E-state index in [1.165, 1.54) is 51.4 Å². The highest BCUT2D eigenvalue weighted by Crippen LogP contribution is 2.47. The number of esters is 2. The summed E-state index contributed by atoms with van der Waals surface area (Å²) in [7, 11) is -5.16. The van der Waals surface area contributed by atoms with Gasteiger partial charge in [0.15, 0.2) is 11.9 Å². The van der Waals surface area contributed by atoms with Crippen LogP contribution in [0.15, 0.2) is 60.8 Å². The van der Waals surface area contributed by atoms with Gasteiger partial charge in [-0.25, -0.2) is 4.57 Å². The molecule has 0 amide bonds. The van der Waals surface area contributed by atoms with Crippen LogP contribution in [0.1, 0.15) is 162 Å². The second-order valence-corrected chi connectivity index (χ2v) is 17.3. The van der Waals surface area contributed by atoms with Gasteiger partial charge in [-0.2, -0.15) is 0 Å². The van der Waals surface area contributed by atoms with Crippen molar-refractivity contribution >= 4 is 25.5 Å². The van der Waals surface area contributed by atoms with E-state index in [1.54, 1.807) is 12.2 Å². The highest BCUT2D eigenvalue weighted by atomic mass is 31.2. The first-order chi connectivity index (χ1) is 29.8. The van der Waals surface area contributed by atoms with Gasteiger partial charge in [-0.1, -0.05) is 133 Å². The first kappa shape index (κ1) is 57.2. The van der Waals surface area contributed by atoms with Gasteiger partial charge in [0, 0.05) is 19.3 Å². The monoisotopic (exact) mass is 899 g/mol. The smallest absolute Gasteiger partial charge is 0.462 e. The van der Waals surface area contributed by atoms with E-state index in [1.807, 2.05) is 18.2 Å². The number of rotatable bonds is 37. The van der Waals surface area contributed by atoms with E-state index in [9.17, 15) is 49.4 Å². The molecule has 14 nitrogen and oxygen atoms in total. The molecule has 1 aliphatic carbocycles. The Balaban J connectivity index is 2.55. The van der Waals surface area contributed by atoms with E-state index in [2.05, 4.69) is 44.2 Å². The minimum atomic E-state index is -5.16. The zero-order valence-electron chi connectivity index (χ0n) is 37.4. The zero-order valence-corrected chi connectivity index (χ0v) is 38.3. The molecule has 1 fully saturated rings. The Morgan fingerprint density at radius 1 is 0.548 bits per heavy atom. The summed E-state index contributed by atoms with van der Waals surface area (Å²) in [6, 6.07) is 0. The van der Waals surface area contributed by atoms with Crippen molar-refractivity contribution in [1.82, 2.24) is 0 Å². The Morgan fingerprint density at radius 3 is 1.68 bits per heavy atom. The molecule has 0 aliphatic heterocycles. The Morgan fingerprint density at radius 2 is 1.03 bits per heavy atom. The van der Waals surface area contributed by atoms with Crippen molar-refractivity contribution in [3.05, 3.63) is 60.8 Å². The van der Waals surface area contributed by atoms with E-state index in [-0.39, 0.29) is 18.6 Å². The van der Waals surface area contributed by atoms with Crippen molar-refractivity contribution in [3.8, 4) is 0 Å². The van der Waals surface area contributed by atoms with Crippen molar-refractivity contribution in [2.24, 2.45) is 0 Å². The fourth-order valence-corrected chi connectivity index (χ4v) is 7.49. The first-order valence-corrected chi connectivity index (χ1v) is 24.5. The van der Waals surface area contributed by atoms with Gasteiger partial charge in [0.2, 0.25) is 0 Å². The first-order valence-electron chi connectivity index (χ1n) is 23.0. The average molecular weight is 899 g/mol. The largest absolute Gasteiger partial charge is 0.472 e. The van der Waals surface area contributed by atoms with Gasteiger partial charge in [-0.3, -0.25) is 23.4 Å². The molecule has 15 heteroatoms. The maximum atomic E-state index is 12.8. The zero-order chi connectivity index (χ0) is 45.9. The third-order valence-corrected chi connectivity index (χ3v) is 11.3. The average Bonchev–Trinajstić information content (AvgIpc) is 3.25. The number of aliphatic hydroxyl groups is 5. The van der Waals surface area contributed by atoms with Gasteiger partial charge < -0.3 is 39.9 Å². The molecule has 0 aromatic rings. The number of carbonyl (C=O) groups excluding carboxylic acids is 3. The summed E-state index contributed by atoms with van der Waals surface area (Å²) in [6.45, 7) is 3.08. The van der Waals surface area contributed by atoms with Crippen LogP contribution in [0.5, 0.6) is 0 Å². The lowest BCUT2D eigenvalue weighted by Gasteiger charge is -2.41. The summed E-state index contributed by atoms with van der Waals surface area (Å²) in [5, 5.41) is 50.1. The molecule has 8 atom stereocenters. The summed E-state index contributed by atoms with van der Waals surface area (Å²) in [5.41, 5.74) is 0. The quantitative estimate of drug-likeness (QED) is 0.00865. The molecule has 0 radical (unpaired) electrons. The molecule has 0 heterocycles. The van der Waals surface area contributed by atoms with Gasteiger partial charge in [0.25, 0.3) is 0 Å². The minimum Gasteiger partial charge on any atom is -0.462 e. The van der Waals surface area contributed by atoms with Gasteiger partial charge >= 0.3 is 19.8 Å². The summed E-state index contributed by atoms with van der Waals surface area (Å²) in [6.07, 6.45) is 26.7. The van der Waals surface area contributed by atoms with E-state index < -0.39 is 75.7 Å². The number of hydrogen-bond donors (Lipinski definition) is 6. The number of ether oxygens (including phenoxy) is 2. The number of ketones is 1. The SMILES string of the molecule is CCCCC/C=C\C=C\C(=O)CCCCCCCC(=O)OC[C@H](COP(=O)(O)OC1[C@H](O)[C@H](O)C(O)[C@H](O)[C@H]1O)OC(=O)CCC/C=C\C/C=C\C/C=C\CCCCCCCC. The molecule has 0 aromatic heterocycles. The maximum Gasteiger partial charge on any atom is 0.472 e. The normalized spacial score (nSPS) is 22.3. The molecule has 3 unspecified atom stereocenters. The van der Waals surface area contributed by atoms with Crippen molar-refractivity contribution in [2.75, 3.05) is 13.2 Å². The van der Waals surface area contributed by atoms with Crippen molar-refractivity contribution in [3.63, 3.8) is 0 Å². The summed E-state index contributed by atoms with van der Waals surface area (Å²) < 4.78 is 33.4. The molecular formula is C47H79O14P. The summed E-state index contributed by atoms with van der Waals surface area (Å²) in [5.74, 6) is -1.18. The van der Waals surface area contributed by atoms with Crippen LogP contribution < -0.4 is 0 Å². The standard InChI is InChI=1S/C47H79O14P/c1-3-5-7-9-11-12-13-14-15-16-17-18-19-20-22-26-31-35-41(50)60-39(37-59-62(56,57)61-47-45(54)43(52)42(51)44(53)46(47)55)36-58-40(49)34-30-27-23-25-29-33-38(48)32-28-24-21-10-8-6-4-2/h14-15,17-18,20-22,24,28,32,39,42-47,51-55H,3-13,16,19,23,25-27,29-31,33-37H2,1-2H3,(H,56,57)/b15-14-,18-17-,22-20-,24-21-,32-28+/t39-,42?,43-,44+,45-,46-,47?/m1/s1. The fraction of sp³-hybridized carbons (Fsp3) is 0.723. The Hall–Kier alpha value is -2.78.